The first-order valence-electron chi connectivity index (χ1n) is 7.95. The number of anilines is 2. The van der Waals surface area contributed by atoms with Crippen molar-refractivity contribution >= 4 is 22.9 Å². The van der Waals surface area contributed by atoms with E-state index >= 15 is 0 Å². The molecule has 0 radical (unpaired) electrons. The molecule has 2 aromatic carbocycles. The Morgan fingerprint density at radius 1 is 1.08 bits per heavy atom. The predicted octanol–water partition coefficient (Wildman–Crippen LogP) is 4.24. The summed E-state index contributed by atoms with van der Waals surface area (Å²) in [6.45, 7) is -0.315. The minimum atomic E-state index is -0.717. The molecule has 2 heterocycles. The average Bonchev–Trinajstić information content (AvgIpc) is 3.03. The smallest absolute Gasteiger partial charge is 0.144 e. The van der Waals surface area contributed by atoms with Crippen LogP contribution in [0.2, 0.25) is 0 Å². The van der Waals surface area contributed by atoms with Gasteiger partial charge in [-0.2, -0.15) is 5.10 Å². The quantitative estimate of drug-likeness (QED) is 0.654. The van der Waals surface area contributed by atoms with Gasteiger partial charge in [0, 0.05) is 17.8 Å². The fourth-order valence-electron chi connectivity index (χ4n) is 2.84. The maximum atomic E-state index is 14.2. The molecule has 0 aliphatic carbocycles. The van der Waals surface area contributed by atoms with Gasteiger partial charge in [0.2, 0.25) is 0 Å². The van der Waals surface area contributed by atoms with Crippen molar-refractivity contribution in [2.24, 2.45) is 4.99 Å². The summed E-state index contributed by atoms with van der Waals surface area (Å²) >= 11 is 0. The van der Waals surface area contributed by atoms with Crippen LogP contribution < -0.4 is 10.6 Å². The van der Waals surface area contributed by atoms with E-state index in [1.54, 1.807) is 18.2 Å². The van der Waals surface area contributed by atoms with E-state index in [9.17, 15) is 13.2 Å². The third-order valence-electron chi connectivity index (χ3n) is 4.01. The van der Waals surface area contributed by atoms with Gasteiger partial charge in [-0.3, -0.25) is 5.10 Å². The minimum Gasteiger partial charge on any atom is -0.382 e. The Morgan fingerprint density at radius 3 is 2.65 bits per heavy atom. The second-order valence-corrected chi connectivity index (χ2v) is 5.69. The molecular formula is C18H14F3N5. The minimum absolute atomic E-state index is 0.0477. The molecular weight excluding hydrogens is 343 g/mol. The van der Waals surface area contributed by atoms with Gasteiger partial charge < -0.3 is 10.6 Å². The zero-order chi connectivity index (χ0) is 18.1. The van der Waals surface area contributed by atoms with Crippen molar-refractivity contribution in [3.05, 3.63) is 59.8 Å². The molecule has 4 rings (SSSR count). The number of amidine groups is 1. The van der Waals surface area contributed by atoms with Crippen LogP contribution in [0.25, 0.3) is 11.3 Å². The number of fused-ring (bicyclic) bond motifs is 3. The van der Waals surface area contributed by atoms with E-state index < -0.39 is 18.3 Å². The zero-order valence-electron chi connectivity index (χ0n) is 13.5. The number of hydrogen-bond acceptors (Lipinski definition) is 4. The fourth-order valence-corrected chi connectivity index (χ4v) is 2.84. The van der Waals surface area contributed by atoms with Crippen LogP contribution in [-0.4, -0.2) is 29.3 Å². The first-order valence-corrected chi connectivity index (χ1v) is 7.95. The van der Waals surface area contributed by atoms with E-state index in [1.807, 2.05) is 0 Å². The summed E-state index contributed by atoms with van der Waals surface area (Å²) in [6, 6.07) is 8.86. The van der Waals surface area contributed by atoms with Crippen LogP contribution >= 0.6 is 0 Å². The van der Waals surface area contributed by atoms with Crippen molar-refractivity contribution in [2.75, 3.05) is 23.9 Å². The van der Waals surface area contributed by atoms with Crippen LogP contribution in [0.5, 0.6) is 0 Å². The summed E-state index contributed by atoms with van der Waals surface area (Å²) in [5.74, 6) is -1.39. The van der Waals surface area contributed by atoms with Crippen molar-refractivity contribution in [1.29, 1.82) is 0 Å². The maximum absolute atomic E-state index is 14.2. The van der Waals surface area contributed by atoms with Gasteiger partial charge in [0.15, 0.2) is 0 Å². The van der Waals surface area contributed by atoms with Crippen molar-refractivity contribution in [3.8, 4) is 11.3 Å². The van der Waals surface area contributed by atoms with Gasteiger partial charge in [0.05, 0.1) is 28.8 Å². The van der Waals surface area contributed by atoms with Crippen molar-refractivity contribution in [3.63, 3.8) is 0 Å². The Balaban J connectivity index is 1.87. The monoisotopic (exact) mass is 357 g/mol. The van der Waals surface area contributed by atoms with Crippen molar-refractivity contribution in [2.45, 2.75) is 0 Å². The second kappa shape index (κ2) is 6.55. The number of halogens is 3. The van der Waals surface area contributed by atoms with Gasteiger partial charge in [-0.15, -0.1) is 0 Å². The molecule has 1 aliphatic rings. The molecule has 0 amide bonds. The third kappa shape index (κ3) is 2.79. The highest BCUT2D eigenvalue weighted by Gasteiger charge is 2.23. The Labute approximate surface area is 147 Å². The van der Waals surface area contributed by atoms with Crippen LogP contribution in [0, 0.1) is 11.6 Å². The Kier molecular flexibility index (Phi) is 4.08. The van der Waals surface area contributed by atoms with Crippen LogP contribution in [0.3, 0.4) is 0 Å². The lowest BCUT2D eigenvalue weighted by Crippen LogP contribution is -2.16. The summed E-state index contributed by atoms with van der Waals surface area (Å²) < 4.78 is 40.8. The summed E-state index contributed by atoms with van der Waals surface area (Å²) in [5.41, 5.74) is 2.81. The second-order valence-electron chi connectivity index (χ2n) is 5.69. The molecule has 0 bridgehead atoms. The van der Waals surface area contributed by atoms with Gasteiger partial charge in [-0.25, -0.2) is 18.2 Å². The number of alkyl halides is 1. The molecule has 1 aromatic heterocycles. The lowest BCUT2D eigenvalue weighted by molar-refractivity contribution is 0.513. The van der Waals surface area contributed by atoms with E-state index in [-0.39, 0.29) is 17.9 Å². The summed E-state index contributed by atoms with van der Waals surface area (Å²) in [6.07, 6.45) is 1.51. The Morgan fingerprint density at radius 2 is 1.88 bits per heavy atom. The summed E-state index contributed by atoms with van der Waals surface area (Å²) in [4.78, 5) is 4.42. The molecule has 0 fully saturated rings. The van der Waals surface area contributed by atoms with Gasteiger partial charge in [0.1, 0.15) is 24.1 Å². The van der Waals surface area contributed by atoms with Crippen LogP contribution in [-0.2, 0) is 0 Å². The standard InChI is InChI=1S/C18H14F3N5/c19-6-7-22-10-4-5-14-11(8-10)17-15(9-23-26-17)25-18(24-14)16-12(20)2-1-3-13(16)21/h1-5,8-9,22H,6-7H2,(H,23,26)(H,24,25). The number of nitrogens with one attached hydrogen (secondary N) is 3. The molecule has 5 nitrogen and oxygen atoms in total. The number of H-pyrrole nitrogens is 1. The maximum Gasteiger partial charge on any atom is 0.144 e. The number of aromatic nitrogens is 2. The lowest BCUT2D eigenvalue weighted by Gasteiger charge is -2.09. The number of rotatable bonds is 4. The largest absolute Gasteiger partial charge is 0.382 e. The summed E-state index contributed by atoms with van der Waals surface area (Å²) in [7, 11) is 0. The van der Waals surface area contributed by atoms with Gasteiger partial charge in [-0.05, 0) is 30.3 Å². The molecule has 0 atom stereocenters. The van der Waals surface area contributed by atoms with E-state index in [0.29, 0.717) is 28.3 Å². The number of benzene rings is 2. The highest BCUT2D eigenvalue weighted by Crippen LogP contribution is 2.38. The van der Waals surface area contributed by atoms with E-state index in [1.165, 1.54) is 24.4 Å². The van der Waals surface area contributed by atoms with Crippen molar-refractivity contribution in [1.82, 2.24) is 10.2 Å². The first kappa shape index (κ1) is 16.2. The molecule has 3 N–H and O–H groups in total. The fraction of sp³-hybridized carbons (Fsp3) is 0.111. The molecule has 0 saturated heterocycles. The van der Waals surface area contributed by atoms with E-state index in [4.69, 9.17) is 0 Å². The number of aromatic amines is 1. The molecule has 3 aromatic rings. The predicted molar refractivity (Wildman–Crippen MR) is 94.7 cm³/mol. The van der Waals surface area contributed by atoms with Crippen LogP contribution in [0.4, 0.5) is 30.2 Å². The number of nitrogens with zero attached hydrogens (tertiary/aromatic N) is 2. The Hall–Kier alpha value is -3.29. The number of hydrogen-bond donors (Lipinski definition) is 3. The molecule has 0 spiro atoms. The lowest BCUT2D eigenvalue weighted by atomic mass is 10.1. The third-order valence-corrected chi connectivity index (χ3v) is 4.01. The topological polar surface area (TPSA) is 65.1 Å². The normalized spacial score (nSPS) is 12.5. The van der Waals surface area contributed by atoms with Crippen molar-refractivity contribution < 1.29 is 13.2 Å². The SMILES string of the molecule is FCCNc1ccc2c(c1)-c1[nH]ncc1NC(c1c(F)cccc1F)=N2. The molecule has 26 heavy (non-hydrogen) atoms. The molecule has 132 valence electrons. The highest BCUT2D eigenvalue weighted by molar-refractivity contribution is 6.13. The van der Waals surface area contributed by atoms with Crippen LogP contribution in [0.1, 0.15) is 5.56 Å². The average molecular weight is 357 g/mol. The van der Waals surface area contributed by atoms with Gasteiger partial charge in [-0.1, -0.05) is 6.07 Å². The molecule has 0 unspecified atom stereocenters. The van der Waals surface area contributed by atoms with Gasteiger partial charge in [0.25, 0.3) is 0 Å². The summed E-state index contributed by atoms with van der Waals surface area (Å²) in [5, 5.41) is 12.8. The highest BCUT2D eigenvalue weighted by atomic mass is 19.1. The first-order chi connectivity index (χ1) is 12.7. The number of aliphatic imine (C=N–C) groups is 1. The van der Waals surface area contributed by atoms with E-state index in [2.05, 4.69) is 25.8 Å². The molecule has 0 saturated carbocycles. The zero-order valence-corrected chi connectivity index (χ0v) is 13.5. The Bertz CT molecular complexity index is 976. The molecule has 1 aliphatic heterocycles. The van der Waals surface area contributed by atoms with Gasteiger partial charge >= 0.3 is 0 Å². The van der Waals surface area contributed by atoms with E-state index in [0.717, 1.165) is 0 Å². The molecule has 8 heteroatoms. The van der Waals surface area contributed by atoms with Crippen LogP contribution in [0.15, 0.2) is 47.6 Å².